The fraction of sp³-hybridized carbons (Fsp3) is 1.00. The van der Waals surface area contributed by atoms with E-state index in [-0.39, 0.29) is 0 Å². The molecule has 0 aromatic carbocycles. The van der Waals surface area contributed by atoms with Crippen LogP contribution in [0.2, 0.25) is 0 Å². The van der Waals surface area contributed by atoms with Crippen molar-refractivity contribution in [2.75, 3.05) is 13.7 Å². The summed E-state index contributed by atoms with van der Waals surface area (Å²) < 4.78 is 6.20. The first-order valence-corrected chi connectivity index (χ1v) is 11.1. The van der Waals surface area contributed by atoms with Gasteiger partial charge in [-0.25, -0.2) is 0 Å². The van der Waals surface area contributed by atoms with Crippen LogP contribution >= 0.6 is 0 Å². The Hall–Kier alpha value is -0.0800. The molecule has 0 aromatic heterocycles. The number of rotatable bonds is 3. The lowest BCUT2D eigenvalue weighted by Crippen LogP contribution is -2.57. The first-order chi connectivity index (χ1) is 11.9. The Bertz CT molecular complexity index is 560. The number of methoxy groups -OCH3 is 1. The van der Waals surface area contributed by atoms with Gasteiger partial charge in [-0.1, -0.05) is 20.8 Å². The molecule has 0 unspecified atom stereocenters. The van der Waals surface area contributed by atoms with Gasteiger partial charge in [-0.3, -0.25) is 0 Å². The number of aliphatic hydroxyl groups excluding tert-OH is 1. The first kappa shape index (κ1) is 17.0. The van der Waals surface area contributed by atoms with Crippen LogP contribution in [0.4, 0.5) is 0 Å². The third-order valence-electron chi connectivity index (χ3n) is 10.9. The fourth-order valence-corrected chi connectivity index (χ4v) is 9.68. The number of hydrogen-bond donors (Lipinski definition) is 1. The second-order valence-electron chi connectivity index (χ2n) is 11.1. The van der Waals surface area contributed by atoms with Crippen LogP contribution in [0, 0.1) is 51.8 Å². The smallest absolute Gasteiger partial charge is 0.0638 e. The normalized spacial score (nSPS) is 60.4. The lowest BCUT2D eigenvalue weighted by Gasteiger charge is -2.61. The molecule has 0 saturated heterocycles. The van der Waals surface area contributed by atoms with Gasteiger partial charge in [0.2, 0.25) is 0 Å². The molecule has 2 heteroatoms. The standard InChI is InChI=1S/C23H38O2/c1-14(13-24)17-5-6-18-16-11-20(25-4)23-12-15(23)7-10-22(23,3)19(16)8-9-21(17,18)2/h14-20,24H,5-13H2,1-4H3/t14-,15+,16+,17-,18+,19+,20+,21-,22-,23+/m1/s1. The summed E-state index contributed by atoms with van der Waals surface area (Å²) in [4.78, 5) is 0. The molecule has 0 bridgehead atoms. The number of hydrogen-bond acceptors (Lipinski definition) is 2. The summed E-state index contributed by atoms with van der Waals surface area (Å²) >= 11 is 0. The quantitative estimate of drug-likeness (QED) is 0.787. The fourth-order valence-electron chi connectivity index (χ4n) is 9.68. The van der Waals surface area contributed by atoms with Crippen LogP contribution in [0.3, 0.4) is 0 Å². The van der Waals surface area contributed by atoms with Gasteiger partial charge in [-0.2, -0.15) is 0 Å². The Morgan fingerprint density at radius 2 is 1.88 bits per heavy atom. The molecule has 5 fully saturated rings. The monoisotopic (exact) mass is 346 g/mol. The topological polar surface area (TPSA) is 29.5 Å². The van der Waals surface area contributed by atoms with Crippen molar-refractivity contribution in [3.63, 3.8) is 0 Å². The second-order valence-corrected chi connectivity index (χ2v) is 11.1. The summed E-state index contributed by atoms with van der Waals surface area (Å²) in [5.74, 6) is 4.85. The van der Waals surface area contributed by atoms with E-state index in [1.54, 1.807) is 0 Å². The van der Waals surface area contributed by atoms with Crippen molar-refractivity contribution in [2.45, 2.75) is 78.2 Å². The molecular formula is C23H38O2. The molecule has 0 radical (unpaired) electrons. The SMILES string of the molecule is CO[C@H]1C[C@H]2[C@@H]3CC[C@H]([C@H](C)CO)[C@@]3(C)CC[C@@H]2[C@@]2(C)CC[C@H]3C[C@]312. The molecule has 0 heterocycles. The molecule has 2 nitrogen and oxygen atoms in total. The second kappa shape index (κ2) is 5.25. The highest BCUT2D eigenvalue weighted by molar-refractivity contribution is 5.26. The van der Waals surface area contributed by atoms with Crippen molar-refractivity contribution >= 4 is 0 Å². The third-order valence-corrected chi connectivity index (χ3v) is 10.9. The van der Waals surface area contributed by atoms with Gasteiger partial charge in [0.25, 0.3) is 0 Å². The maximum atomic E-state index is 9.80. The molecular weight excluding hydrogens is 308 g/mol. The van der Waals surface area contributed by atoms with Crippen molar-refractivity contribution in [3.8, 4) is 0 Å². The van der Waals surface area contributed by atoms with Crippen molar-refractivity contribution in [1.29, 1.82) is 0 Å². The lowest BCUT2D eigenvalue weighted by molar-refractivity contribution is -0.161. The molecule has 10 atom stereocenters. The van der Waals surface area contributed by atoms with Crippen LogP contribution in [0.1, 0.15) is 72.1 Å². The molecule has 0 aromatic rings. The van der Waals surface area contributed by atoms with Crippen molar-refractivity contribution in [1.82, 2.24) is 0 Å². The molecule has 5 saturated carbocycles. The molecule has 5 aliphatic carbocycles. The lowest BCUT2D eigenvalue weighted by atomic mass is 9.45. The maximum Gasteiger partial charge on any atom is 0.0638 e. The largest absolute Gasteiger partial charge is 0.396 e. The minimum atomic E-state index is 0.365. The average molecular weight is 347 g/mol. The minimum absolute atomic E-state index is 0.365. The Morgan fingerprint density at radius 3 is 2.56 bits per heavy atom. The van der Waals surface area contributed by atoms with E-state index in [1.165, 1.54) is 51.4 Å². The van der Waals surface area contributed by atoms with Crippen molar-refractivity contribution in [3.05, 3.63) is 0 Å². The molecule has 25 heavy (non-hydrogen) atoms. The molecule has 0 aliphatic heterocycles. The highest BCUT2D eigenvalue weighted by atomic mass is 16.5. The average Bonchev–Trinajstić information content (AvgIpc) is 3.12. The number of ether oxygens (including phenoxy) is 1. The van der Waals surface area contributed by atoms with Gasteiger partial charge in [0.05, 0.1) is 6.10 Å². The van der Waals surface area contributed by atoms with E-state index in [0.29, 0.717) is 34.9 Å². The van der Waals surface area contributed by atoms with E-state index in [0.717, 1.165) is 29.6 Å². The van der Waals surface area contributed by atoms with E-state index < -0.39 is 0 Å². The minimum Gasteiger partial charge on any atom is -0.396 e. The summed E-state index contributed by atoms with van der Waals surface area (Å²) in [7, 11) is 1.99. The molecule has 142 valence electrons. The van der Waals surface area contributed by atoms with E-state index in [9.17, 15) is 5.11 Å². The van der Waals surface area contributed by atoms with Gasteiger partial charge in [-0.15, -0.1) is 0 Å². The number of fused-ring (bicyclic) bond motifs is 4. The van der Waals surface area contributed by atoms with Crippen molar-refractivity contribution in [2.24, 2.45) is 51.8 Å². The van der Waals surface area contributed by atoms with E-state index in [2.05, 4.69) is 20.8 Å². The van der Waals surface area contributed by atoms with Gasteiger partial charge in [0.15, 0.2) is 0 Å². The van der Waals surface area contributed by atoms with Crippen LogP contribution in [0.5, 0.6) is 0 Å². The Balaban J connectivity index is 1.49. The predicted molar refractivity (Wildman–Crippen MR) is 100 cm³/mol. The highest BCUT2D eigenvalue weighted by Gasteiger charge is 2.77. The van der Waals surface area contributed by atoms with Crippen LogP contribution < -0.4 is 0 Å². The molecule has 1 spiro atoms. The van der Waals surface area contributed by atoms with Crippen LogP contribution in [-0.2, 0) is 4.74 Å². The summed E-state index contributed by atoms with van der Waals surface area (Å²) in [5, 5.41) is 9.80. The molecule has 5 rings (SSSR count). The first-order valence-electron chi connectivity index (χ1n) is 11.1. The Kier molecular flexibility index (Phi) is 3.58. The summed E-state index contributed by atoms with van der Waals surface area (Å²) in [6, 6.07) is 0. The predicted octanol–water partition coefficient (Wildman–Crippen LogP) is 4.90. The van der Waals surface area contributed by atoms with Gasteiger partial charge in [0, 0.05) is 19.1 Å². The zero-order valence-corrected chi connectivity index (χ0v) is 16.8. The van der Waals surface area contributed by atoms with Crippen LogP contribution in [0.25, 0.3) is 0 Å². The Labute approximate surface area is 154 Å². The highest BCUT2D eigenvalue weighted by Crippen LogP contribution is 2.82. The zero-order chi connectivity index (χ0) is 17.6. The zero-order valence-electron chi connectivity index (χ0n) is 16.8. The van der Waals surface area contributed by atoms with Gasteiger partial charge in [0.1, 0.15) is 0 Å². The van der Waals surface area contributed by atoms with Gasteiger partial charge >= 0.3 is 0 Å². The van der Waals surface area contributed by atoms with E-state index >= 15 is 0 Å². The van der Waals surface area contributed by atoms with Gasteiger partial charge < -0.3 is 9.84 Å². The molecule has 5 aliphatic rings. The Morgan fingerprint density at radius 1 is 1.08 bits per heavy atom. The van der Waals surface area contributed by atoms with E-state index in [4.69, 9.17) is 4.74 Å². The summed E-state index contributed by atoms with van der Waals surface area (Å²) in [6.45, 7) is 7.89. The van der Waals surface area contributed by atoms with E-state index in [1.807, 2.05) is 7.11 Å². The number of aliphatic hydroxyl groups is 1. The van der Waals surface area contributed by atoms with Crippen LogP contribution in [0.15, 0.2) is 0 Å². The third kappa shape index (κ3) is 1.85. The summed E-state index contributed by atoms with van der Waals surface area (Å²) in [5.41, 5.74) is 1.56. The maximum absolute atomic E-state index is 9.80. The van der Waals surface area contributed by atoms with Gasteiger partial charge in [-0.05, 0) is 97.7 Å². The molecule has 1 N–H and O–H groups in total. The van der Waals surface area contributed by atoms with Crippen LogP contribution in [-0.4, -0.2) is 24.9 Å². The summed E-state index contributed by atoms with van der Waals surface area (Å²) in [6.07, 6.45) is 11.8. The van der Waals surface area contributed by atoms with Crippen molar-refractivity contribution < 1.29 is 9.84 Å². The molecule has 0 amide bonds.